The summed E-state index contributed by atoms with van der Waals surface area (Å²) < 4.78 is 10.7. The Kier molecular flexibility index (Phi) is 8.75. The molecule has 0 unspecified atom stereocenters. The number of halogens is 1. The van der Waals surface area contributed by atoms with Crippen LogP contribution in [0.1, 0.15) is 70.7 Å². The van der Waals surface area contributed by atoms with Gasteiger partial charge in [-0.1, -0.05) is 32.4 Å². The molecule has 6 atom stereocenters. The molecule has 0 radical (unpaired) electrons. The number of ether oxygens (including phenoxy) is 2. The Labute approximate surface area is 238 Å². The molecule has 4 amide bonds. The van der Waals surface area contributed by atoms with Crippen LogP contribution in [0, 0.1) is 11.3 Å². The van der Waals surface area contributed by atoms with Crippen molar-refractivity contribution in [3.63, 3.8) is 0 Å². The van der Waals surface area contributed by atoms with E-state index in [-0.39, 0.29) is 46.7 Å². The summed E-state index contributed by atoms with van der Waals surface area (Å²) in [5, 5.41) is 8.48. The number of benzene rings is 1. The van der Waals surface area contributed by atoms with Crippen LogP contribution in [0.4, 0.5) is 5.69 Å². The molecule has 2 saturated heterocycles. The Morgan fingerprint density at radius 3 is 2.55 bits per heavy atom. The van der Waals surface area contributed by atoms with Crippen molar-refractivity contribution in [3.8, 4) is 0 Å². The van der Waals surface area contributed by atoms with Gasteiger partial charge in [-0.05, 0) is 55.7 Å². The van der Waals surface area contributed by atoms with Crippen LogP contribution in [0.3, 0.4) is 0 Å². The van der Waals surface area contributed by atoms with E-state index in [1.807, 2.05) is 20.8 Å². The Morgan fingerprint density at radius 1 is 1.20 bits per heavy atom. The van der Waals surface area contributed by atoms with Crippen molar-refractivity contribution in [1.29, 1.82) is 0 Å². The number of cyclic esters (lactones) is 1. The van der Waals surface area contributed by atoms with E-state index >= 15 is 0 Å². The third kappa shape index (κ3) is 6.25. The molecule has 1 aromatic carbocycles. The Bertz CT molecular complexity index is 1200. The molecule has 2 aliphatic heterocycles. The van der Waals surface area contributed by atoms with Gasteiger partial charge < -0.3 is 30.3 Å². The van der Waals surface area contributed by atoms with Crippen molar-refractivity contribution >= 4 is 46.9 Å². The van der Waals surface area contributed by atoms with E-state index < -0.39 is 41.7 Å². The summed E-state index contributed by atoms with van der Waals surface area (Å²) in [5.74, 6) is -2.00. The fourth-order valence-corrected chi connectivity index (χ4v) is 6.13. The predicted octanol–water partition coefficient (Wildman–Crippen LogP) is 2.62. The third-order valence-electron chi connectivity index (χ3n) is 7.65. The highest BCUT2D eigenvalue weighted by atomic mass is 35.5. The fourth-order valence-electron chi connectivity index (χ4n) is 5.87. The number of anilines is 1. The molecule has 3 fully saturated rings. The largest absolute Gasteiger partial charge is 0.433 e. The number of piperidine rings is 1. The number of carbonyl (C=O) groups is 5. The van der Waals surface area contributed by atoms with Crippen molar-refractivity contribution in [2.24, 2.45) is 11.3 Å². The zero-order chi connectivity index (χ0) is 29.4. The van der Waals surface area contributed by atoms with Crippen LogP contribution < -0.4 is 16.0 Å². The van der Waals surface area contributed by atoms with Gasteiger partial charge in [0.25, 0.3) is 5.91 Å². The molecule has 0 spiro atoms. The zero-order valence-electron chi connectivity index (χ0n) is 23.4. The monoisotopic (exact) mass is 576 g/mol. The summed E-state index contributed by atoms with van der Waals surface area (Å²) in [6, 6.07) is 2.07. The molecule has 12 heteroatoms. The first-order chi connectivity index (χ1) is 18.8. The predicted molar refractivity (Wildman–Crippen MR) is 146 cm³/mol. The number of hydrogen-bond donors (Lipinski definition) is 3. The SMILES string of the molecule is CCO[C@@H]1OC(=O)C[C@H]1NC(=O)[C@@H]1[C@@H]2CC[C@@H](C2)N1C(=O)[C@@H](NC(=O)c1ccc(NC(C)=O)cc1Cl)C(C)(C)C. The molecule has 4 rings (SSSR count). The van der Waals surface area contributed by atoms with Gasteiger partial charge in [-0.25, -0.2) is 0 Å². The lowest BCUT2D eigenvalue weighted by Crippen LogP contribution is -2.62. The number of hydrogen-bond acceptors (Lipinski definition) is 7. The Balaban J connectivity index is 1.54. The average Bonchev–Trinajstić information content (AvgIpc) is 3.56. The van der Waals surface area contributed by atoms with E-state index in [4.69, 9.17) is 21.1 Å². The minimum atomic E-state index is -0.951. The van der Waals surface area contributed by atoms with E-state index in [1.165, 1.54) is 19.1 Å². The van der Waals surface area contributed by atoms with Gasteiger partial charge in [-0.3, -0.25) is 24.0 Å². The number of amides is 4. The fraction of sp³-hybridized carbons (Fsp3) is 0.607. The molecule has 218 valence electrons. The van der Waals surface area contributed by atoms with E-state index in [9.17, 15) is 24.0 Å². The molecular weight excluding hydrogens is 540 g/mol. The number of nitrogens with zero attached hydrogens (tertiary/aromatic N) is 1. The van der Waals surface area contributed by atoms with Crippen molar-refractivity contribution in [1.82, 2.24) is 15.5 Å². The van der Waals surface area contributed by atoms with Crippen molar-refractivity contribution in [3.05, 3.63) is 28.8 Å². The molecule has 3 aliphatic rings. The number of carbonyl (C=O) groups excluding carboxylic acids is 5. The van der Waals surface area contributed by atoms with E-state index in [2.05, 4.69) is 16.0 Å². The maximum atomic E-state index is 14.1. The highest BCUT2D eigenvalue weighted by Gasteiger charge is 2.54. The summed E-state index contributed by atoms with van der Waals surface area (Å²) in [4.78, 5) is 65.9. The number of rotatable bonds is 8. The average molecular weight is 577 g/mol. The second kappa shape index (κ2) is 11.7. The number of fused-ring (bicyclic) bond motifs is 2. The first kappa shape index (κ1) is 29.8. The summed E-state index contributed by atoms with van der Waals surface area (Å²) in [6.07, 6.45) is 1.40. The normalized spacial score (nSPS) is 26.3. The highest BCUT2D eigenvalue weighted by molar-refractivity contribution is 6.34. The smallest absolute Gasteiger partial charge is 0.310 e. The van der Waals surface area contributed by atoms with Crippen molar-refractivity contribution in [2.45, 2.75) is 90.8 Å². The quantitative estimate of drug-likeness (QED) is 0.404. The first-order valence-corrected chi connectivity index (χ1v) is 14.0. The van der Waals surface area contributed by atoms with E-state index in [0.29, 0.717) is 18.7 Å². The van der Waals surface area contributed by atoms with Crippen LogP contribution in [0.2, 0.25) is 5.02 Å². The van der Waals surface area contributed by atoms with Gasteiger partial charge in [0.05, 0.1) is 17.0 Å². The van der Waals surface area contributed by atoms with E-state index in [0.717, 1.165) is 12.8 Å². The first-order valence-electron chi connectivity index (χ1n) is 13.6. The van der Waals surface area contributed by atoms with Gasteiger partial charge in [0, 0.05) is 25.3 Å². The summed E-state index contributed by atoms with van der Waals surface area (Å²) in [7, 11) is 0. The third-order valence-corrected chi connectivity index (χ3v) is 7.96. The molecule has 40 heavy (non-hydrogen) atoms. The molecule has 3 N–H and O–H groups in total. The van der Waals surface area contributed by atoms with Crippen LogP contribution in [-0.4, -0.2) is 71.6 Å². The van der Waals surface area contributed by atoms with Gasteiger partial charge in [0.15, 0.2) is 0 Å². The van der Waals surface area contributed by atoms with Crippen LogP contribution in [0.25, 0.3) is 0 Å². The molecule has 1 aromatic rings. The van der Waals surface area contributed by atoms with Crippen LogP contribution in [-0.2, 0) is 28.7 Å². The Morgan fingerprint density at radius 2 is 1.93 bits per heavy atom. The molecule has 1 saturated carbocycles. The number of likely N-dealkylation sites (tertiary alicyclic amines) is 1. The number of esters is 1. The topological polar surface area (TPSA) is 143 Å². The highest BCUT2D eigenvalue weighted by Crippen LogP contribution is 2.44. The van der Waals surface area contributed by atoms with Gasteiger partial charge in [-0.15, -0.1) is 0 Å². The van der Waals surface area contributed by atoms with Crippen molar-refractivity contribution in [2.75, 3.05) is 11.9 Å². The lowest BCUT2D eigenvalue weighted by molar-refractivity contribution is -0.165. The number of nitrogens with one attached hydrogen (secondary N) is 3. The van der Waals surface area contributed by atoms with Gasteiger partial charge in [-0.2, -0.15) is 0 Å². The maximum absolute atomic E-state index is 14.1. The second-order valence-electron chi connectivity index (χ2n) is 11.7. The van der Waals surface area contributed by atoms with Gasteiger partial charge in [0.1, 0.15) is 18.1 Å². The van der Waals surface area contributed by atoms with Crippen LogP contribution in [0.15, 0.2) is 18.2 Å². The van der Waals surface area contributed by atoms with Gasteiger partial charge >= 0.3 is 5.97 Å². The van der Waals surface area contributed by atoms with E-state index in [1.54, 1.807) is 17.9 Å². The molecular formula is C28H37ClN4O7. The standard InChI is InChI=1S/C28H37ClN4O7/c1-6-39-27-20(13-21(35)40-27)31-25(37)22-15-7-9-17(11-15)33(22)26(38)23(28(3,4)5)32-24(36)18-10-8-16(12-19(18)29)30-14(2)34/h8,10,12,15,17,20,22-23,27H,6-7,9,11,13H2,1-5H3,(H,30,34)(H,31,37)(H,32,36)/t15-,17+,20-,22+,23-,27-/m1/s1. The maximum Gasteiger partial charge on any atom is 0.310 e. The summed E-state index contributed by atoms with van der Waals surface area (Å²) >= 11 is 6.35. The lowest BCUT2D eigenvalue weighted by atomic mass is 9.84. The summed E-state index contributed by atoms with van der Waals surface area (Å²) in [5.41, 5.74) is -0.0902. The van der Waals surface area contributed by atoms with Gasteiger partial charge in [0.2, 0.25) is 24.0 Å². The molecule has 2 bridgehead atoms. The summed E-state index contributed by atoms with van der Waals surface area (Å²) in [6.45, 7) is 8.98. The van der Waals surface area contributed by atoms with Crippen LogP contribution >= 0.6 is 11.6 Å². The lowest BCUT2D eigenvalue weighted by Gasteiger charge is -2.40. The Hall–Kier alpha value is -3.18. The second-order valence-corrected chi connectivity index (χ2v) is 12.1. The van der Waals surface area contributed by atoms with Crippen LogP contribution in [0.5, 0.6) is 0 Å². The van der Waals surface area contributed by atoms with Crippen molar-refractivity contribution < 1.29 is 33.4 Å². The minimum absolute atomic E-state index is 0.00662. The molecule has 1 aliphatic carbocycles. The molecule has 0 aromatic heterocycles. The molecule has 11 nitrogen and oxygen atoms in total. The minimum Gasteiger partial charge on any atom is -0.433 e. The zero-order valence-corrected chi connectivity index (χ0v) is 24.2. The molecule has 2 heterocycles.